The van der Waals surface area contributed by atoms with E-state index >= 15 is 0 Å². The summed E-state index contributed by atoms with van der Waals surface area (Å²) in [5, 5.41) is 5.78. The number of rotatable bonds is 6. The number of nitrogens with two attached hydrogens (primary N) is 1. The second-order valence-electron chi connectivity index (χ2n) is 10.5. The fraction of sp³-hybridized carbons (Fsp3) is 0.957. The Hall–Kier alpha value is -0.730. The number of carbonyl (C=O) groups excluding carboxylic acids is 1. The summed E-state index contributed by atoms with van der Waals surface area (Å²) >= 11 is 0. The highest BCUT2D eigenvalue weighted by atomic mass is 16.5. The third-order valence-corrected chi connectivity index (χ3v) is 8.70. The summed E-state index contributed by atoms with van der Waals surface area (Å²) in [6, 6.07) is 0.615. The number of hydrogen-bond donors (Lipinski definition) is 3. The standard InChI is InChI=1S/C23H41N5O2/c29-23(21-4-3-13-30-21)25-15-20-14-18-6-8-28(20)17-19(18)16-26-9-11-27(12-10-26)22-5-1-2-7-24-22/h18-22,24H,1-17H2,(H,25,29)/p+2. The number of quaternary nitrogens is 2. The summed E-state index contributed by atoms with van der Waals surface area (Å²) < 4.78 is 5.53. The average Bonchev–Trinajstić information content (AvgIpc) is 3.34. The Balaban J connectivity index is 1.05. The van der Waals surface area contributed by atoms with Crippen LogP contribution < -0.4 is 15.5 Å². The lowest BCUT2D eigenvalue weighted by molar-refractivity contribution is -0.945. The number of amides is 1. The second kappa shape index (κ2) is 9.82. The average molecular weight is 422 g/mol. The van der Waals surface area contributed by atoms with Crippen molar-refractivity contribution in [3.63, 3.8) is 0 Å². The Kier molecular flexibility index (Phi) is 6.92. The molecule has 6 unspecified atom stereocenters. The zero-order valence-electron chi connectivity index (χ0n) is 18.7. The molecular formula is C23H43N5O2+2. The van der Waals surface area contributed by atoms with E-state index in [4.69, 9.17) is 4.74 Å². The molecule has 30 heavy (non-hydrogen) atoms. The van der Waals surface area contributed by atoms with Crippen LogP contribution in [-0.4, -0.2) is 99.5 Å². The lowest BCUT2D eigenvalue weighted by Crippen LogP contribution is -3.20. The molecule has 6 fully saturated rings. The molecule has 1 amide bonds. The molecule has 2 bridgehead atoms. The molecule has 6 aliphatic rings. The van der Waals surface area contributed by atoms with Crippen LogP contribution in [0.25, 0.3) is 0 Å². The summed E-state index contributed by atoms with van der Waals surface area (Å²) in [6.07, 6.45) is 9.36. The van der Waals surface area contributed by atoms with Crippen molar-refractivity contribution in [2.24, 2.45) is 11.8 Å². The van der Waals surface area contributed by atoms with E-state index in [0.717, 1.165) is 44.0 Å². The van der Waals surface area contributed by atoms with Crippen LogP contribution in [0, 0.1) is 11.8 Å². The van der Waals surface area contributed by atoms with Crippen LogP contribution in [0.1, 0.15) is 44.9 Å². The highest BCUT2D eigenvalue weighted by Crippen LogP contribution is 2.28. The molecule has 0 aromatic carbocycles. The first kappa shape index (κ1) is 21.1. The van der Waals surface area contributed by atoms with Crippen molar-refractivity contribution in [2.45, 2.75) is 63.3 Å². The van der Waals surface area contributed by atoms with E-state index in [1.807, 2.05) is 0 Å². The Morgan fingerprint density at radius 2 is 2.00 bits per heavy atom. The van der Waals surface area contributed by atoms with Crippen LogP contribution in [0.2, 0.25) is 0 Å². The van der Waals surface area contributed by atoms with Gasteiger partial charge in [0.05, 0.1) is 26.2 Å². The smallest absolute Gasteiger partial charge is 0.249 e. The minimum atomic E-state index is -0.187. The van der Waals surface area contributed by atoms with E-state index in [1.165, 1.54) is 84.5 Å². The van der Waals surface area contributed by atoms with Crippen LogP contribution >= 0.6 is 0 Å². The minimum absolute atomic E-state index is 0.124. The van der Waals surface area contributed by atoms with Gasteiger partial charge in [0.1, 0.15) is 18.3 Å². The largest absolute Gasteiger partial charge is 0.368 e. The van der Waals surface area contributed by atoms with E-state index in [0.29, 0.717) is 6.04 Å². The van der Waals surface area contributed by atoms with Crippen molar-refractivity contribution in [2.75, 3.05) is 65.5 Å². The first-order chi connectivity index (χ1) is 14.8. The van der Waals surface area contributed by atoms with Gasteiger partial charge in [-0.05, 0) is 31.6 Å². The summed E-state index contributed by atoms with van der Waals surface area (Å²) in [6.45, 7) is 11.8. The molecule has 7 nitrogen and oxygen atoms in total. The van der Waals surface area contributed by atoms with E-state index in [1.54, 1.807) is 4.90 Å². The number of carbonyl (C=O) groups is 1. The summed E-state index contributed by atoms with van der Waals surface area (Å²) in [7, 11) is 0. The topological polar surface area (TPSA) is 65.9 Å². The van der Waals surface area contributed by atoms with Crippen LogP contribution in [0.4, 0.5) is 0 Å². The SMILES string of the molecule is O=C(NCC1CC2CC[NH+]1CC2CN1CCN(C2CCCC[NH2+]2)CC1)C1CCCO1. The van der Waals surface area contributed by atoms with Crippen molar-refractivity contribution in [1.82, 2.24) is 15.1 Å². The number of fused-ring (bicyclic) bond motifs is 3. The molecule has 0 radical (unpaired) electrons. The molecule has 4 N–H and O–H groups in total. The molecule has 6 atom stereocenters. The third-order valence-electron chi connectivity index (χ3n) is 8.70. The fourth-order valence-electron chi connectivity index (χ4n) is 6.86. The number of nitrogens with zero attached hydrogens (tertiary/aromatic N) is 2. The van der Waals surface area contributed by atoms with Gasteiger partial charge in [0.25, 0.3) is 0 Å². The predicted octanol–water partition coefficient (Wildman–Crippen LogP) is -1.73. The maximum atomic E-state index is 12.3. The van der Waals surface area contributed by atoms with Crippen molar-refractivity contribution < 1.29 is 19.7 Å². The quantitative estimate of drug-likeness (QED) is 0.477. The predicted molar refractivity (Wildman–Crippen MR) is 115 cm³/mol. The summed E-state index contributed by atoms with van der Waals surface area (Å²) in [5.41, 5.74) is 0. The molecule has 0 saturated carbocycles. The van der Waals surface area contributed by atoms with E-state index in [9.17, 15) is 4.79 Å². The van der Waals surface area contributed by atoms with Gasteiger partial charge in [-0.3, -0.25) is 9.69 Å². The Labute approximate surface area is 181 Å². The molecule has 0 aromatic rings. The lowest BCUT2D eigenvalue weighted by atomic mass is 9.75. The number of piperidine rings is 4. The number of hydrogen-bond acceptors (Lipinski definition) is 4. The lowest BCUT2D eigenvalue weighted by Gasteiger charge is -2.49. The number of nitrogens with one attached hydrogen (secondary N) is 2. The van der Waals surface area contributed by atoms with Gasteiger partial charge in [-0.2, -0.15) is 0 Å². The number of piperazine rings is 1. The first-order valence-electron chi connectivity index (χ1n) is 12.8. The molecule has 6 rings (SSSR count). The zero-order chi connectivity index (χ0) is 20.3. The maximum absolute atomic E-state index is 12.3. The van der Waals surface area contributed by atoms with Crippen LogP contribution in [0.5, 0.6) is 0 Å². The van der Waals surface area contributed by atoms with Gasteiger partial charge in [-0.1, -0.05) is 0 Å². The van der Waals surface area contributed by atoms with Crippen molar-refractivity contribution in [1.29, 1.82) is 0 Å². The monoisotopic (exact) mass is 421 g/mol. The molecule has 0 aromatic heterocycles. The third kappa shape index (κ3) is 4.85. The van der Waals surface area contributed by atoms with Crippen LogP contribution in [0.15, 0.2) is 0 Å². The number of ether oxygens (including phenoxy) is 1. The highest BCUT2D eigenvalue weighted by Gasteiger charge is 2.44. The Morgan fingerprint density at radius 3 is 2.70 bits per heavy atom. The normalized spacial score (nSPS) is 40.5. The van der Waals surface area contributed by atoms with Gasteiger partial charge in [0.15, 0.2) is 0 Å². The second-order valence-corrected chi connectivity index (χ2v) is 10.5. The molecule has 6 saturated heterocycles. The maximum Gasteiger partial charge on any atom is 0.249 e. The van der Waals surface area contributed by atoms with Gasteiger partial charge in [0.2, 0.25) is 5.91 Å². The molecule has 0 aliphatic carbocycles. The summed E-state index contributed by atoms with van der Waals surface area (Å²) in [4.78, 5) is 19.5. The highest BCUT2D eigenvalue weighted by molar-refractivity contribution is 5.80. The van der Waals surface area contributed by atoms with E-state index in [-0.39, 0.29) is 12.0 Å². The molecule has 0 spiro atoms. The fourth-order valence-corrected chi connectivity index (χ4v) is 6.86. The van der Waals surface area contributed by atoms with Gasteiger partial charge in [0, 0.05) is 64.5 Å². The minimum Gasteiger partial charge on any atom is -0.368 e. The van der Waals surface area contributed by atoms with Crippen molar-refractivity contribution in [3.8, 4) is 0 Å². The van der Waals surface area contributed by atoms with Crippen LogP contribution in [0.3, 0.4) is 0 Å². The molecule has 6 aliphatic heterocycles. The van der Waals surface area contributed by atoms with Gasteiger partial charge < -0.3 is 25.2 Å². The van der Waals surface area contributed by atoms with Gasteiger partial charge in [-0.25, -0.2) is 0 Å². The van der Waals surface area contributed by atoms with E-state index < -0.39 is 0 Å². The molecule has 6 heterocycles. The van der Waals surface area contributed by atoms with Gasteiger partial charge >= 0.3 is 0 Å². The summed E-state index contributed by atoms with van der Waals surface area (Å²) in [5.74, 6) is 1.84. The van der Waals surface area contributed by atoms with Gasteiger partial charge in [-0.15, -0.1) is 0 Å². The Morgan fingerprint density at radius 1 is 1.10 bits per heavy atom. The van der Waals surface area contributed by atoms with E-state index in [2.05, 4.69) is 20.4 Å². The van der Waals surface area contributed by atoms with Crippen molar-refractivity contribution in [3.05, 3.63) is 0 Å². The molecule has 7 heteroatoms. The first-order valence-corrected chi connectivity index (χ1v) is 12.8. The molecular weight excluding hydrogens is 378 g/mol. The molecule has 170 valence electrons. The zero-order valence-corrected chi connectivity index (χ0v) is 18.7. The van der Waals surface area contributed by atoms with Crippen LogP contribution in [-0.2, 0) is 9.53 Å². The van der Waals surface area contributed by atoms with Crippen molar-refractivity contribution >= 4 is 5.91 Å². The Bertz CT molecular complexity index is 570.